The van der Waals surface area contributed by atoms with Crippen molar-refractivity contribution in [1.29, 1.82) is 0 Å². The van der Waals surface area contributed by atoms with Gasteiger partial charge in [0.25, 0.3) is 0 Å². The average molecular weight is 266 g/mol. The van der Waals surface area contributed by atoms with E-state index in [0.29, 0.717) is 0 Å². The van der Waals surface area contributed by atoms with Gasteiger partial charge in [-0.15, -0.1) is 11.8 Å². The molecule has 0 aliphatic carbocycles. The standard InChI is InChI=1S/C7H10N2S.C6H8S/c1-3-10-7-8-5-4-6(2)9-7;1-3-5-6-7-4-2/h4-5H,3H2,1-2H3;3-6H,1-2H2/b;6-5-. The van der Waals surface area contributed by atoms with Crippen LogP contribution in [0, 0.1) is 6.92 Å². The van der Waals surface area contributed by atoms with Gasteiger partial charge >= 0.3 is 0 Å². The topological polar surface area (TPSA) is 25.8 Å². The summed E-state index contributed by atoms with van der Waals surface area (Å²) in [6.45, 7) is 11.1. The summed E-state index contributed by atoms with van der Waals surface area (Å²) >= 11 is 3.21. The third kappa shape index (κ3) is 9.90. The summed E-state index contributed by atoms with van der Waals surface area (Å²) in [5, 5.41) is 4.56. The molecule has 0 saturated carbocycles. The Bertz CT molecular complexity index is 362. The highest BCUT2D eigenvalue weighted by Gasteiger charge is 1.92. The Morgan fingerprint density at radius 2 is 2.18 bits per heavy atom. The Morgan fingerprint density at radius 1 is 1.41 bits per heavy atom. The number of thioether (sulfide) groups is 2. The van der Waals surface area contributed by atoms with Gasteiger partial charge in [-0.1, -0.05) is 44.0 Å². The van der Waals surface area contributed by atoms with Crippen LogP contribution in [0.3, 0.4) is 0 Å². The quantitative estimate of drug-likeness (QED) is 0.446. The van der Waals surface area contributed by atoms with Gasteiger partial charge in [-0.25, -0.2) is 9.97 Å². The number of nitrogens with zero attached hydrogens (tertiary/aromatic N) is 2. The van der Waals surface area contributed by atoms with Gasteiger partial charge in [-0.2, -0.15) is 0 Å². The van der Waals surface area contributed by atoms with Gasteiger partial charge in [-0.3, -0.25) is 0 Å². The molecule has 0 N–H and O–H groups in total. The maximum absolute atomic E-state index is 4.21. The predicted molar refractivity (Wildman–Crippen MR) is 80.3 cm³/mol. The lowest BCUT2D eigenvalue weighted by atomic mass is 10.5. The summed E-state index contributed by atoms with van der Waals surface area (Å²) in [6, 6.07) is 1.90. The molecule has 0 amide bonds. The highest BCUT2D eigenvalue weighted by molar-refractivity contribution is 8.04. The number of rotatable bonds is 5. The second kappa shape index (κ2) is 11.5. The predicted octanol–water partition coefficient (Wildman–Crippen LogP) is 4.46. The van der Waals surface area contributed by atoms with Crippen LogP contribution in [0.25, 0.3) is 0 Å². The van der Waals surface area contributed by atoms with Gasteiger partial charge in [0.05, 0.1) is 0 Å². The van der Waals surface area contributed by atoms with Crippen LogP contribution >= 0.6 is 23.5 Å². The van der Waals surface area contributed by atoms with Crippen molar-refractivity contribution in [2.24, 2.45) is 0 Å². The van der Waals surface area contributed by atoms with Gasteiger partial charge in [0.1, 0.15) is 0 Å². The van der Waals surface area contributed by atoms with E-state index in [-0.39, 0.29) is 0 Å². The van der Waals surface area contributed by atoms with E-state index >= 15 is 0 Å². The lowest BCUT2D eigenvalue weighted by Crippen LogP contribution is -1.87. The molecule has 1 aromatic rings. The summed E-state index contributed by atoms with van der Waals surface area (Å²) in [5.41, 5.74) is 1.03. The molecular formula is C13H18N2S2. The summed E-state index contributed by atoms with van der Waals surface area (Å²) in [5.74, 6) is 1.03. The van der Waals surface area contributed by atoms with Crippen LogP contribution in [0.5, 0.6) is 0 Å². The fourth-order valence-electron chi connectivity index (χ4n) is 0.781. The molecule has 0 aliphatic rings. The number of hydrogen-bond donors (Lipinski definition) is 0. The van der Waals surface area contributed by atoms with Crippen molar-refractivity contribution in [3.05, 3.63) is 54.1 Å². The highest BCUT2D eigenvalue weighted by Crippen LogP contribution is 2.10. The van der Waals surface area contributed by atoms with E-state index in [9.17, 15) is 0 Å². The number of allylic oxidation sites excluding steroid dienone is 2. The second-order valence-corrected chi connectivity index (χ2v) is 4.89. The van der Waals surface area contributed by atoms with E-state index in [2.05, 4.69) is 30.0 Å². The summed E-state index contributed by atoms with van der Waals surface area (Å²) in [7, 11) is 0. The smallest absolute Gasteiger partial charge is 0.187 e. The van der Waals surface area contributed by atoms with Crippen molar-refractivity contribution in [1.82, 2.24) is 9.97 Å². The van der Waals surface area contributed by atoms with Crippen molar-refractivity contribution < 1.29 is 0 Å². The minimum atomic E-state index is 0.877. The zero-order chi connectivity index (χ0) is 12.9. The molecule has 0 bridgehead atoms. The molecule has 1 rings (SSSR count). The fraction of sp³-hybridized carbons (Fsp3) is 0.231. The normalized spacial score (nSPS) is 9.53. The van der Waals surface area contributed by atoms with E-state index in [0.717, 1.165) is 16.6 Å². The van der Waals surface area contributed by atoms with E-state index in [1.165, 1.54) is 0 Å². The molecule has 0 atom stereocenters. The monoisotopic (exact) mass is 266 g/mol. The maximum atomic E-state index is 4.21. The molecule has 0 saturated heterocycles. The molecule has 92 valence electrons. The minimum Gasteiger partial charge on any atom is -0.231 e. The Balaban J connectivity index is 0.000000325. The van der Waals surface area contributed by atoms with Gasteiger partial charge in [0, 0.05) is 11.9 Å². The Morgan fingerprint density at radius 3 is 2.71 bits per heavy atom. The Hall–Kier alpha value is -1.00. The first-order chi connectivity index (χ1) is 8.24. The van der Waals surface area contributed by atoms with Crippen LogP contribution in [0.15, 0.2) is 53.5 Å². The van der Waals surface area contributed by atoms with Gasteiger partial charge in [0.15, 0.2) is 5.16 Å². The van der Waals surface area contributed by atoms with E-state index < -0.39 is 0 Å². The SMILES string of the molecule is C=C/C=C\SC=C.CCSc1nccc(C)n1. The summed E-state index contributed by atoms with van der Waals surface area (Å²) in [6.07, 6.45) is 5.39. The van der Waals surface area contributed by atoms with Gasteiger partial charge in [-0.05, 0) is 29.6 Å². The molecular weight excluding hydrogens is 248 g/mol. The van der Waals surface area contributed by atoms with E-state index in [4.69, 9.17) is 0 Å². The lowest BCUT2D eigenvalue weighted by molar-refractivity contribution is 0.933. The molecule has 2 nitrogen and oxygen atoms in total. The van der Waals surface area contributed by atoms with E-state index in [1.54, 1.807) is 41.2 Å². The van der Waals surface area contributed by atoms with E-state index in [1.807, 2.05) is 24.5 Å². The molecule has 4 heteroatoms. The first kappa shape index (κ1) is 16.0. The van der Waals surface area contributed by atoms with Crippen molar-refractivity contribution >= 4 is 23.5 Å². The molecule has 0 aromatic carbocycles. The van der Waals surface area contributed by atoms with Crippen LogP contribution < -0.4 is 0 Å². The minimum absolute atomic E-state index is 0.877. The first-order valence-corrected chi connectivity index (χ1v) is 7.13. The van der Waals surface area contributed by atoms with Crippen molar-refractivity contribution in [3.63, 3.8) is 0 Å². The first-order valence-electron chi connectivity index (χ1n) is 5.21. The number of aromatic nitrogens is 2. The van der Waals surface area contributed by atoms with Crippen molar-refractivity contribution in [3.8, 4) is 0 Å². The zero-order valence-corrected chi connectivity index (χ0v) is 11.9. The molecule has 0 unspecified atom stereocenters. The van der Waals surface area contributed by atoms with Crippen LogP contribution in [0.1, 0.15) is 12.6 Å². The second-order valence-electron chi connectivity index (χ2n) is 2.78. The van der Waals surface area contributed by atoms with Crippen LogP contribution in [0.2, 0.25) is 0 Å². The van der Waals surface area contributed by atoms with Crippen molar-refractivity contribution in [2.75, 3.05) is 5.75 Å². The lowest BCUT2D eigenvalue weighted by Gasteiger charge is -1.95. The molecule has 0 aliphatic heterocycles. The van der Waals surface area contributed by atoms with Crippen LogP contribution in [-0.4, -0.2) is 15.7 Å². The number of aryl methyl sites for hydroxylation is 1. The average Bonchev–Trinajstić information content (AvgIpc) is 2.31. The molecule has 17 heavy (non-hydrogen) atoms. The van der Waals surface area contributed by atoms with Gasteiger partial charge in [0.2, 0.25) is 0 Å². The molecule has 0 fully saturated rings. The molecule has 1 aromatic heterocycles. The Labute approximate surface area is 112 Å². The highest BCUT2D eigenvalue weighted by atomic mass is 32.2. The molecule has 0 radical (unpaired) electrons. The fourth-order valence-corrected chi connectivity index (χ4v) is 1.70. The summed E-state index contributed by atoms with van der Waals surface area (Å²) in [4.78, 5) is 8.30. The largest absolute Gasteiger partial charge is 0.231 e. The maximum Gasteiger partial charge on any atom is 0.187 e. The number of hydrogen-bond acceptors (Lipinski definition) is 4. The summed E-state index contributed by atoms with van der Waals surface area (Å²) < 4.78 is 0. The van der Waals surface area contributed by atoms with Crippen LogP contribution in [-0.2, 0) is 0 Å². The molecule has 1 heterocycles. The van der Waals surface area contributed by atoms with Gasteiger partial charge < -0.3 is 0 Å². The zero-order valence-electron chi connectivity index (χ0n) is 10.3. The molecule has 0 spiro atoms. The Kier molecular flexibility index (Phi) is 10.8. The third-order valence-electron chi connectivity index (χ3n) is 1.44. The third-order valence-corrected chi connectivity index (χ3v) is 2.69. The van der Waals surface area contributed by atoms with Crippen molar-refractivity contribution in [2.45, 2.75) is 19.0 Å². The van der Waals surface area contributed by atoms with Crippen LogP contribution in [0.4, 0.5) is 0 Å².